The Morgan fingerprint density at radius 1 is 1.12 bits per heavy atom. The number of hydrogen-bond donors (Lipinski definition) is 1. The molecule has 1 aliphatic heterocycles. The Bertz CT molecular complexity index is 665. The first-order valence-electron chi connectivity index (χ1n) is 8.86. The van der Waals surface area contributed by atoms with Gasteiger partial charge in [-0.05, 0) is 37.5 Å². The summed E-state index contributed by atoms with van der Waals surface area (Å²) in [4.78, 5) is 26.7. The number of nitrogens with zero attached hydrogens (tertiary/aromatic N) is 1. The van der Waals surface area contributed by atoms with Gasteiger partial charge in [0.15, 0.2) is 11.5 Å². The summed E-state index contributed by atoms with van der Waals surface area (Å²) in [5.41, 5.74) is 0.340. The molecule has 1 N–H and O–H groups in total. The molecule has 0 saturated heterocycles. The number of fused-ring (bicyclic) bond motifs is 1. The number of amides is 2. The van der Waals surface area contributed by atoms with Crippen LogP contribution in [0.1, 0.15) is 38.2 Å². The lowest BCUT2D eigenvalue weighted by atomic mass is 9.77. The molecule has 1 saturated carbocycles. The molecule has 1 fully saturated rings. The Balaban J connectivity index is 1.86. The topological polar surface area (TPSA) is 67.9 Å². The largest absolute Gasteiger partial charge is 0.486 e. The van der Waals surface area contributed by atoms with Crippen LogP contribution in [-0.2, 0) is 15.0 Å². The fraction of sp³-hybridized carbons (Fsp3) is 0.579. The third-order valence-electron chi connectivity index (χ3n) is 5.15. The van der Waals surface area contributed by atoms with E-state index in [2.05, 4.69) is 5.32 Å². The molecule has 1 aromatic carbocycles. The van der Waals surface area contributed by atoms with E-state index in [0.29, 0.717) is 19.0 Å². The van der Waals surface area contributed by atoms with Crippen LogP contribution in [0.5, 0.6) is 11.5 Å². The zero-order valence-electron chi connectivity index (χ0n) is 15.1. The lowest BCUT2D eigenvalue weighted by Crippen LogP contribution is -2.51. The average molecular weight is 346 g/mol. The maximum absolute atomic E-state index is 13.1. The molecule has 1 aromatic rings. The number of likely N-dealkylation sites (N-methyl/N-ethyl adjacent to an activating group) is 1. The zero-order chi connectivity index (χ0) is 18.0. The SMILES string of the molecule is CC(NC(=O)C1(c2ccc3c(c2)OCCO3)CCCC1)C(=O)N(C)C. The van der Waals surface area contributed by atoms with Crippen molar-refractivity contribution in [2.24, 2.45) is 0 Å². The van der Waals surface area contributed by atoms with E-state index in [1.807, 2.05) is 18.2 Å². The standard InChI is InChI=1S/C19H26N2O4/c1-13(17(22)21(2)3)20-18(23)19(8-4-5-9-19)14-6-7-15-16(12-14)25-11-10-24-15/h6-7,12-13H,4-5,8-11H2,1-3H3,(H,20,23). The molecular weight excluding hydrogens is 320 g/mol. The van der Waals surface area contributed by atoms with E-state index >= 15 is 0 Å². The maximum Gasteiger partial charge on any atom is 0.244 e. The second-order valence-electron chi connectivity index (χ2n) is 7.08. The van der Waals surface area contributed by atoms with Crippen LogP contribution in [0.2, 0.25) is 0 Å². The minimum Gasteiger partial charge on any atom is -0.486 e. The van der Waals surface area contributed by atoms with Gasteiger partial charge in [0.2, 0.25) is 11.8 Å². The molecule has 0 bridgehead atoms. The highest BCUT2D eigenvalue weighted by molar-refractivity contribution is 5.93. The summed E-state index contributed by atoms with van der Waals surface area (Å²) in [6, 6.07) is 5.22. The summed E-state index contributed by atoms with van der Waals surface area (Å²) in [5.74, 6) is 1.23. The van der Waals surface area contributed by atoms with Crippen molar-refractivity contribution in [1.29, 1.82) is 0 Å². The van der Waals surface area contributed by atoms with Crippen molar-refractivity contribution in [3.63, 3.8) is 0 Å². The van der Waals surface area contributed by atoms with Crippen LogP contribution in [0.15, 0.2) is 18.2 Å². The van der Waals surface area contributed by atoms with Crippen LogP contribution >= 0.6 is 0 Å². The van der Waals surface area contributed by atoms with Gasteiger partial charge >= 0.3 is 0 Å². The molecule has 3 rings (SSSR count). The molecule has 1 heterocycles. The Morgan fingerprint density at radius 2 is 1.76 bits per heavy atom. The van der Waals surface area contributed by atoms with E-state index in [9.17, 15) is 9.59 Å². The first-order chi connectivity index (χ1) is 11.9. The Kier molecular flexibility index (Phi) is 4.88. The summed E-state index contributed by atoms with van der Waals surface area (Å²) in [6.45, 7) is 2.79. The van der Waals surface area contributed by atoms with E-state index in [-0.39, 0.29) is 11.8 Å². The van der Waals surface area contributed by atoms with Crippen LogP contribution in [0, 0.1) is 0 Å². The van der Waals surface area contributed by atoms with Gasteiger partial charge < -0.3 is 19.7 Å². The molecule has 136 valence electrons. The van der Waals surface area contributed by atoms with Gasteiger partial charge in [0.05, 0.1) is 5.41 Å². The van der Waals surface area contributed by atoms with Crippen molar-refractivity contribution in [2.75, 3.05) is 27.3 Å². The third kappa shape index (κ3) is 3.30. The van der Waals surface area contributed by atoms with E-state index in [1.54, 1.807) is 21.0 Å². The summed E-state index contributed by atoms with van der Waals surface area (Å²) in [7, 11) is 3.38. The van der Waals surface area contributed by atoms with Gasteiger partial charge in [-0.25, -0.2) is 0 Å². The molecule has 2 amide bonds. The minimum absolute atomic E-state index is 0.0793. The van der Waals surface area contributed by atoms with Gasteiger partial charge in [-0.3, -0.25) is 9.59 Å². The Labute approximate surface area is 148 Å². The second kappa shape index (κ2) is 6.94. The number of benzene rings is 1. The highest BCUT2D eigenvalue weighted by Crippen LogP contribution is 2.44. The zero-order valence-corrected chi connectivity index (χ0v) is 15.1. The van der Waals surface area contributed by atoms with Crippen LogP contribution in [0.25, 0.3) is 0 Å². The van der Waals surface area contributed by atoms with Gasteiger partial charge in [0.1, 0.15) is 19.3 Å². The van der Waals surface area contributed by atoms with Crippen molar-refractivity contribution in [1.82, 2.24) is 10.2 Å². The van der Waals surface area contributed by atoms with E-state index in [0.717, 1.165) is 37.0 Å². The maximum atomic E-state index is 13.1. The first kappa shape index (κ1) is 17.6. The monoisotopic (exact) mass is 346 g/mol. The average Bonchev–Trinajstić information content (AvgIpc) is 3.11. The summed E-state index contributed by atoms with van der Waals surface area (Å²) in [5, 5.41) is 2.92. The Hall–Kier alpha value is -2.24. The fourth-order valence-electron chi connectivity index (χ4n) is 3.75. The van der Waals surface area contributed by atoms with E-state index in [1.165, 1.54) is 4.90 Å². The van der Waals surface area contributed by atoms with Crippen LogP contribution in [0.3, 0.4) is 0 Å². The number of rotatable bonds is 4. The van der Waals surface area contributed by atoms with Crippen molar-refractivity contribution in [3.8, 4) is 11.5 Å². The van der Waals surface area contributed by atoms with Crippen molar-refractivity contribution in [3.05, 3.63) is 23.8 Å². The normalized spacial score (nSPS) is 19.2. The fourth-order valence-corrected chi connectivity index (χ4v) is 3.75. The molecule has 0 aromatic heterocycles. The van der Waals surface area contributed by atoms with E-state index < -0.39 is 11.5 Å². The quantitative estimate of drug-likeness (QED) is 0.904. The van der Waals surface area contributed by atoms with Crippen molar-refractivity contribution in [2.45, 2.75) is 44.1 Å². The molecule has 1 aliphatic carbocycles. The molecule has 25 heavy (non-hydrogen) atoms. The summed E-state index contributed by atoms with van der Waals surface area (Å²) < 4.78 is 11.3. The van der Waals surface area contributed by atoms with Gasteiger partial charge in [0.25, 0.3) is 0 Å². The highest BCUT2D eigenvalue weighted by atomic mass is 16.6. The van der Waals surface area contributed by atoms with Gasteiger partial charge in [-0.15, -0.1) is 0 Å². The van der Waals surface area contributed by atoms with Gasteiger partial charge in [0, 0.05) is 14.1 Å². The molecule has 1 atom stereocenters. The molecule has 6 heteroatoms. The first-order valence-corrected chi connectivity index (χ1v) is 8.86. The molecular formula is C19H26N2O4. The second-order valence-corrected chi connectivity index (χ2v) is 7.08. The molecule has 2 aliphatic rings. The third-order valence-corrected chi connectivity index (χ3v) is 5.15. The Morgan fingerprint density at radius 3 is 2.40 bits per heavy atom. The number of ether oxygens (including phenoxy) is 2. The van der Waals surface area contributed by atoms with Crippen LogP contribution in [0.4, 0.5) is 0 Å². The predicted molar refractivity (Wildman–Crippen MR) is 93.9 cm³/mol. The van der Waals surface area contributed by atoms with Crippen molar-refractivity contribution < 1.29 is 19.1 Å². The van der Waals surface area contributed by atoms with E-state index in [4.69, 9.17) is 9.47 Å². The molecule has 6 nitrogen and oxygen atoms in total. The lowest BCUT2D eigenvalue weighted by Gasteiger charge is -2.31. The molecule has 1 unspecified atom stereocenters. The number of carbonyl (C=O) groups is 2. The number of hydrogen-bond acceptors (Lipinski definition) is 4. The highest BCUT2D eigenvalue weighted by Gasteiger charge is 2.44. The van der Waals surface area contributed by atoms with Crippen LogP contribution < -0.4 is 14.8 Å². The van der Waals surface area contributed by atoms with Gasteiger partial charge in [-0.1, -0.05) is 18.9 Å². The number of nitrogens with one attached hydrogen (secondary N) is 1. The predicted octanol–water partition coefficient (Wildman–Crippen LogP) is 1.86. The summed E-state index contributed by atoms with van der Waals surface area (Å²) >= 11 is 0. The summed E-state index contributed by atoms with van der Waals surface area (Å²) in [6.07, 6.45) is 3.55. The minimum atomic E-state index is -0.601. The number of carbonyl (C=O) groups excluding carboxylic acids is 2. The molecule has 0 spiro atoms. The van der Waals surface area contributed by atoms with Crippen LogP contribution in [-0.4, -0.2) is 50.1 Å². The molecule has 0 radical (unpaired) electrons. The lowest BCUT2D eigenvalue weighted by molar-refractivity contribution is -0.135. The smallest absolute Gasteiger partial charge is 0.244 e. The van der Waals surface area contributed by atoms with Crippen molar-refractivity contribution >= 4 is 11.8 Å². The van der Waals surface area contributed by atoms with Gasteiger partial charge in [-0.2, -0.15) is 0 Å².